The number of hydrogen-bond acceptors (Lipinski definition) is 4. The SMILES string of the molecule is CC(C)OC1=CCC(=S(=O)=O)C=C1C(=O)O. The van der Waals surface area contributed by atoms with Gasteiger partial charge in [-0.2, -0.15) is 8.42 Å². The second kappa shape index (κ2) is 4.98. The quantitative estimate of drug-likeness (QED) is 0.741. The number of allylic oxidation sites excluding steroid dienone is 2. The molecule has 0 spiro atoms. The molecule has 88 valence electrons. The van der Waals surface area contributed by atoms with Gasteiger partial charge in [-0.15, -0.1) is 0 Å². The minimum Gasteiger partial charge on any atom is -0.490 e. The number of carboxylic acid groups (broad SMARTS) is 1. The van der Waals surface area contributed by atoms with Crippen molar-refractivity contribution < 1.29 is 23.1 Å². The van der Waals surface area contributed by atoms with Crippen molar-refractivity contribution in [3.63, 3.8) is 0 Å². The maximum Gasteiger partial charge on any atom is 0.339 e. The fourth-order valence-electron chi connectivity index (χ4n) is 1.24. The van der Waals surface area contributed by atoms with Crippen LogP contribution in [0.2, 0.25) is 0 Å². The van der Waals surface area contributed by atoms with Crippen LogP contribution in [0.3, 0.4) is 0 Å². The largest absolute Gasteiger partial charge is 0.490 e. The van der Waals surface area contributed by atoms with Crippen molar-refractivity contribution in [3.05, 3.63) is 23.5 Å². The lowest BCUT2D eigenvalue weighted by molar-refractivity contribution is -0.132. The van der Waals surface area contributed by atoms with Crippen LogP contribution in [0.4, 0.5) is 0 Å². The zero-order valence-electron chi connectivity index (χ0n) is 8.93. The zero-order chi connectivity index (χ0) is 12.3. The third-order valence-electron chi connectivity index (χ3n) is 1.87. The van der Waals surface area contributed by atoms with E-state index < -0.39 is 16.3 Å². The van der Waals surface area contributed by atoms with Crippen molar-refractivity contribution in [2.24, 2.45) is 0 Å². The molecular formula is C10H12O5S. The van der Waals surface area contributed by atoms with Crippen LogP contribution in [-0.4, -0.2) is 30.5 Å². The van der Waals surface area contributed by atoms with Gasteiger partial charge in [0, 0.05) is 6.42 Å². The van der Waals surface area contributed by atoms with Crippen molar-refractivity contribution in [1.82, 2.24) is 0 Å². The summed E-state index contributed by atoms with van der Waals surface area (Å²) in [5, 5.41) is 8.92. The molecule has 0 fully saturated rings. The summed E-state index contributed by atoms with van der Waals surface area (Å²) in [4.78, 5) is 11.0. The van der Waals surface area contributed by atoms with Crippen molar-refractivity contribution in [2.45, 2.75) is 26.4 Å². The van der Waals surface area contributed by atoms with Crippen molar-refractivity contribution in [2.75, 3.05) is 0 Å². The van der Waals surface area contributed by atoms with Gasteiger partial charge < -0.3 is 9.84 Å². The summed E-state index contributed by atoms with van der Waals surface area (Å²) < 4.78 is 26.7. The minimum absolute atomic E-state index is 0.0495. The van der Waals surface area contributed by atoms with E-state index in [1.807, 2.05) is 0 Å². The van der Waals surface area contributed by atoms with Crippen LogP contribution in [-0.2, 0) is 19.8 Å². The zero-order valence-corrected chi connectivity index (χ0v) is 9.74. The van der Waals surface area contributed by atoms with Crippen LogP contribution in [0.1, 0.15) is 20.3 Å². The predicted octanol–water partition coefficient (Wildman–Crippen LogP) is 0.761. The summed E-state index contributed by atoms with van der Waals surface area (Å²) in [6, 6.07) is 0. The number of carbonyl (C=O) groups is 1. The first kappa shape index (κ1) is 12.5. The number of aliphatic carboxylic acids is 1. The lowest BCUT2D eigenvalue weighted by atomic mass is 10.1. The normalized spacial score (nSPS) is 15.6. The Morgan fingerprint density at radius 1 is 1.50 bits per heavy atom. The van der Waals surface area contributed by atoms with E-state index in [4.69, 9.17) is 9.84 Å². The molecular weight excluding hydrogens is 232 g/mol. The van der Waals surface area contributed by atoms with Gasteiger partial charge in [-0.25, -0.2) is 4.79 Å². The average molecular weight is 244 g/mol. The summed E-state index contributed by atoms with van der Waals surface area (Å²) >= 11 is 0. The lowest BCUT2D eigenvalue weighted by Crippen LogP contribution is -2.16. The van der Waals surface area contributed by atoms with Gasteiger partial charge in [0.2, 0.25) is 10.3 Å². The second-order valence-electron chi connectivity index (χ2n) is 3.50. The Balaban J connectivity index is 3.13. The van der Waals surface area contributed by atoms with Crippen LogP contribution < -0.4 is 0 Å². The molecule has 0 bridgehead atoms. The standard InChI is InChI=1S/C10H12O5S/c1-6(2)15-9-4-3-7(16(13)14)5-8(9)10(11)12/h4-6H,3H2,1-2H3,(H,11,12). The molecule has 0 saturated carbocycles. The van der Waals surface area contributed by atoms with Gasteiger partial charge in [0.05, 0.1) is 11.0 Å². The van der Waals surface area contributed by atoms with Crippen LogP contribution in [0.25, 0.3) is 0 Å². The Hall–Kier alpha value is -1.56. The Labute approximate surface area is 94.6 Å². The first-order chi connectivity index (χ1) is 7.41. The number of ether oxygens (including phenoxy) is 1. The highest BCUT2D eigenvalue weighted by Gasteiger charge is 2.21. The molecule has 0 aromatic carbocycles. The summed E-state index contributed by atoms with van der Waals surface area (Å²) in [6.07, 6.45) is 2.60. The van der Waals surface area contributed by atoms with Crippen LogP contribution in [0.5, 0.6) is 0 Å². The van der Waals surface area contributed by atoms with Crippen molar-refractivity contribution in [3.8, 4) is 0 Å². The Bertz CT molecular complexity index is 485. The van der Waals surface area contributed by atoms with Gasteiger partial charge >= 0.3 is 5.97 Å². The van der Waals surface area contributed by atoms with Gasteiger partial charge in [0.15, 0.2) is 0 Å². The van der Waals surface area contributed by atoms with E-state index >= 15 is 0 Å². The molecule has 0 heterocycles. The van der Waals surface area contributed by atoms with E-state index in [1.165, 1.54) is 6.08 Å². The average Bonchev–Trinajstić information content (AvgIpc) is 2.16. The predicted molar refractivity (Wildman–Crippen MR) is 58.6 cm³/mol. The highest BCUT2D eigenvalue weighted by molar-refractivity contribution is 7.73. The first-order valence-electron chi connectivity index (χ1n) is 4.69. The van der Waals surface area contributed by atoms with E-state index in [0.29, 0.717) is 0 Å². The molecule has 0 aromatic rings. The molecule has 0 atom stereocenters. The number of carboxylic acids is 1. The van der Waals surface area contributed by atoms with E-state index in [-0.39, 0.29) is 28.7 Å². The molecule has 16 heavy (non-hydrogen) atoms. The fourth-order valence-corrected chi connectivity index (χ4v) is 1.68. The smallest absolute Gasteiger partial charge is 0.339 e. The summed E-state index contributed by atoms with van der Waals surface area (Å²) in [5.41, 5.74) is -0.126. The molecule has 1 aliphatic carbocycles. The van der Waals surface area contributed by atoms with Crippen molar-refractivity contribution in [1.29, 1.82) is 0 Å². The van der Waals surface area contributed by atoms with E-state index in [0.717, 1.165) is 6.08 Å². The Morgan fingerprint density at radius 3 is 2.56 bits per heavy atom. The number of rotatable bonds is 3. The minimum atomic E-state index is -2.39. The third kappa shape index (κ3) is 2.96. The first-order valence-corrected chi connectivity index (χ1v) is 5.76. The van der Waals surface area contributed by atoms with Crippen molar-refractivity contribution >= 4 is 21.1 Å². The van der Waals surface area contributed by atoms with Gasteiger partial charge in [0.25, 0.3) is 0 Å². The van der Waals surface area contributed by atoms with Crippen LogP contribution in [0.15, 0.2) is 23.5 Å². The van der Waals surface area contributed by atoms with E-state index in [2.05, 4.69) is 0 Å². The summed E-state index contributed by atoms with van der Waals surface area (Å²) in [7, 11) is -2.39. The van der Waals surface area contributed by atoms with E-state index in [9.17, 15) is 13.2 Å². The van der Waals surface area contributed by atoms with Gasteiger partial charge in [-0.05, 0) is 26.0 Å². The van der Waals surface area contributed by atoms with Crippen LogP contribution >= 0.6 is 0 Å². The Kier molecular flexibility index (Phi) is 3.89. The molecule has 6 heteroatoms. The molecule has 5 nitrogen and oxygen atoms in total. The van der Waals surface area contributed by atoms with E-state index in [1.54, 1.807) is 13.8 Å². The molecule has 0 aliphatic heterocycles. The summed E-state index contributed by atoms with van der Waals surface area (Å²) in [6.45, 7) is 3.54. The Morgan fingerprint density at radius 2 is 2.12 bits per heavy atom. The molecule has 0 radical (unpaired) electrons. The van der Waals surface area contributed by atoms with Gasteiger partial charge in [-0.3, -0.25) is 0 Å². The van der Waals surface area contributed by atoms with Gasteiger partial charge in [-0.1, -0.05) is 0 Å². The molecule has 0 amide bonds. The monoisotopic (exact) mass is 244 g/mol. The maximum atomic E-state index is 10.9. The molecule has 1 aliphatic rings. The lowest BCUT2D eigenvalue weighted by Gasteiger charge is -2.17. The number of hydrogen-bond donors (Lipinski definition) is 1. The third-order valence-corrected chi connectivity index (χ3v) is 2.58. The fraction of sp³-hybridized carbons (Fsp3) is 0.400. The highest BCUT2D eigenvalue weighted by Crippen LogP contribution is 2.20. The molecule has 1 rings (SSSR count). The molecule has 0 unspecified atom stereocenters. The molecule has 0 saturated heterocycles. The van der Waals surface area contributed by atoms with Gasteiger partial charge in [0.1, 0.15) is 11.3 Å². The second-order valence-corrected chi connectivity index (χ2v) is 4.50. The topological polar surface area (TPSA) is 80.7 Å². The van der Waals surface area contributed by atoms with Crippen LogP contribution in [0, 0.1) is 0 Å². The molecule has 1 N–H and O–H groups in total. The maximum absolute atomic E-state index is 10.9. The summed E-state index contributed by atoms with van der Waals surface area (Å²) in [5.74, 6) is -0.980. The molecule has 0 aromatic heterocycles. The highest BCUT2D eigenvalue weighted by atomic mass is 32.2.